The van der Waals surface area contributed by atoms with E-state index in [1.165, 1.54) is 0 Å². The summed E-state index contributed by atoms with van der Waals surface area (Å²) in [6.07, 6.45) is 3.44. The van der Waals surface area contributed by atoms with Crippen LogP contribution in [0.1, 0.15) is 0 Å². The van der Waals surface area contributed by atoms with Crippen LogP contribution < -0.4 is 5.32 Å². The standard InChI is InChI=1S/C8H8IN3O/c9-7-5-11-8(12-6-7)10-3-1-2-4-13/h5-6,13H,3-4H2,(H,10,11,12). The van der Waals surface area contributed by atoms with E-state index in [2.05, 4.69) is 49.7 Å². The highest BCUT2D eigenvalue weighted by molar-refractivity contribution is 14.1. The molecular weight excluding hydrogens is 281 g/mol. The minimum atomic E-state index is -0.116. The maximum absolute atomic E-state index is 8.37. The highest BCUT2D eigenvalue weighted by Gasteiger charge is 1.91. The van der Waals surface area contributed by atoms with Crippen molar-refractivity contribution in [1.82, 2.24) is 9.97 Å². The first kappa shape index (κ1) is 10.2. The number of aliphatic hydroxyl groups excluding tert-OH is 1. The first-order chi connectivity index (χ1) is 6.33. The number of nitrogens with zero attached hydrogens (tertiary/aromatic N) is 2. The smallest absolute Gasteiger partial charge is 0.223 e. The Hall–Kier alpha value is -0.870. The Morgan fingerprint density at radius 2 is 2.08 bits per heavy atom. The summed E-state index contributed by atoms with van der Waals surface area (Å²) >= 11 is 2.13. The number of halogens is 1. The van der Waals surface area contributed by atoms with Crippen molar-refractivity contribution in [3.8, 4) is 11.8 Å². The number of hydrogen-bond donors (Lipinski definition) is 2. The fourth-order valence-corrected chi connectivity index (χ4v) is 0.924. The molecule has 0 atom stereocenters. The van der Waals surface area contributed by atoms with Gasteiger partial charge in [0.1, 0.15) is 6.61 Å². The number of aromatic nitrogens is 2. The van der Waals surface area contributed by atoms with Crippen LogP contribution in [0, 0.1) is 15.4 Å². The molecule has 0 aliphatic heterocycles. The van der Waals surface area contributed by atoms with Gasteiger partial charge in [0.15, 0.2) is 0 Å². The number of anilines is 1. The van der Waals surface area contributed by atoms with E-state index in [0.29, 0.717) is 12.5 Å². The van der Waals surface area contributed by atoms with Crippen LogP contribution in [0.15, 0.2) is 12.4 Å². The molecule has 1 heterocycles. The Labute approximate surface area is 89.9 Å². The largest absolute Gasteiger partial charge is 0.384 e. The third kappa shape index (κ3) is 4.05. The number of hydrogen-bond acceptors (Lipinski definition) is 4. The Morgan fingerprint density at radius 3 is 2.69 bits per heavy atom. The monoisotopic (exact) mass is 289 g/mol. The van der Waals surface area contributed by atoms with Gasteiger partial charge in [0.05, 0.1) is 6.54 Å². The maximum Gasteiger partial charge on any atom is 0.223 e. The first-order valence-electron chi connectivity index (χ1n) is 3.61. The normalized spacial score (nSPS) is 8.77. The quantitative estimate of drug-likeness (QED) is 0.614. The molecule has 1 aromatic rings. The Bertz CT molecular complexity index is 314. The molecule has 0 spiro atoms. The average molecular weight is 289 g/mol. The molecule has 1 rings (SSSR count). The van der Waals surface area contributed by atoms with Gasteiger partial charge in [-0.25, -0.2) is 9.97 Å². The second-order valence-corrected chi connectivity index (χ2v) is 3.34. The molecule has 0 aromatic carbocycles. The SMILES string of the molecule is OCC#CCNc1ncc(I)cn1. The molecule has 0 aliphatic carbocycles. The molecule has 0 radical (unpaired) electrons. The molecule has 2 N–H and O–H groups in total. The summed E-state index contributed by atoms with van der Waals surface area (Å²) in [6, 6.07) is 0. The van der Waals surface area contributed by atoms with Crippen molar-refractivity contribution in [2.75, 3.05) is 18.5 Å². The zero-order chi connectivity index (χ0) is 9.52. The highest BCUT2D eigenvalue weighted by Crippen LogP contribution is 2.01. The average Bonchev–Trinajstić information content (AvgIpc) is 2.15. The van der Waals surface area contributed by atoms with E-state index in [0.717, 1.165) is 3.57 Å². The molecule has 4 nitrogen and oxygen atoms in total. The summed E-state index contributed by atoms with van der Waals surface area (Å²) in [5, 5.41) is 11.3. The van der Waals surface area contributed by atoms with Crippen molar-refractivity contribution in [2.45, 2.75) is 0 Å². The second-order valence-electron chi connectivity index (χ2n) is 2.09. The minimum absolute atomic E-state index is 0.116. The van der Waals surface area contributed by atoms with Crippen molar-refractivity contribution in [2.24, 2.45) is 0 Å². The number of rotatable bonds is 2. The van der Waals surface area contributed by atoms with Gasteiger partial charge < -0.3 is 10.4 Å². The van der Waals surface area contributed by atoms with Gasteiger partial charge in [-0.05, 0) is 22.6 Å². The zero-order valence-electron chi connectivity index (χ0n) is 6.79. The van der Waals surface area contributed by atoms with Gasteiger partial charge >= 0.3 is 0 Å². The van der Waals surface area contributed by atoms with Crippen molar-refractivity contribution in [1.29, 1.82) is 0 Å². The topological polar surface area (TPSA) is 58.0 Å². The van der Waals surface area contributed by atoms with Crippen LogP contribution in [-0.2, 0) is 0 Å². The van der Waals surface area contributed by atoms with E-state index in [1.54, 1.807) is 12.4 Å². The lowest BCUT2D eigenvalue weighted by Crippen LogP contribution is -2.03. The van der Waals surface area contributed by atoms with Crippen LogP contribution in [0.25, 0.3) is 0 Å². The molecule has 0 amide bonds. The Balaban J connectivity index is 2.41. The first-order valence-corrected chi connectivity index (χ1v) is 4.69. The summed E-state index contributed by atoms with van der Waals surface area (Å²) in [7, 11) is 0. The molecule has 0 saturated carbocycles. The Kier molecular flexibility index (Phi) is 4.49. The minimum Gasteiger partial charge on any atom is -0.384 e. The van der Waals surface area contributed by atoms with E-state index < -0.39 is 0 Å². The second kappa shape index (κ2) is 5.72. The van der Waals surface area contributed by atoms with Crippen molar-refractivity contribution < 1.29 is 5.11 Å². The van der Waals surface area contributed by atoms with Crippen LogP contribution in [-0.4, -0.2) is 28.2 Å². The van der Waals surface area contributed by atoms with Crippen LogP contribution in [0.4, 0.5) is 5.95 Å². The maximum atomic E-state index is 8.37. The molecule has 1 aromatic heterocycles. The van der Waals surface area contributed by atoms with Crippen molar-refractivity contribution in [3.63, 3.8) is 0 Å². The summed E-state index contributed by atoms with van der Waals surface area (Å²) in [6.45, 7) is 0.330. The molecule has 68 valence electrons. The van der Waals surface area contributed by atoms with Gasteiger partial charge in [-0.15, -0.1) is 0 Å². The van der Waals surface area contributed by atoms with Gasteiger partial charge in [0, 0.05) is 16.0 Å². The summed E-state index contributed by atoms with van der Waals surface area (Å²) < 4.78 is 0.990. The lowest BCUT2D eigenvalue weighted by molar-refractivity contribution is 0.350. The third-order valence-electron chi connectivity index (χ3n) is 1.16. The highest BCUT2D eigenvalue weighted by atomic mass is 127. The zero-order valence-corrected chi connectivity index (χ0v) is 8.95. The molecule has 13 heavy (non-hydrogen) atoms. The van der Waals surface area contributed by atoms with Gasteiger partial charge in [-0.2, -0.15) is 0 Å². The predicted octanol–water partition coefficient (Wildman–Crippen LogP) is 0.489. The molecule has 0 fully saturated rings. The summed E-state index contributed by atoms with van der Waals surface area (Å²) in [4.78, 5) is 8.03. The molecule has 0 aliphatic rings. The van der Waals surface area contributed by atoms with E-state index in [4.69, 9.17) is 5.11 Å². The van der Waals surface area contributed by atoms with Crippen molar-refractivity contribution in [3.05, 3.63) is 16.0 Å². The van der Waals surface area contributed by atoms with E-state index >= 15 is 0 Å². The molecular formula is C8H8IN3O. The number of nitrogens with one attached hydrogen (secondary N) is 1. The van der Waals surface area contributed by atoms with Gasteiger partial charge in [-0.1, -0.05) is 11.8 Å². The van der Waals surface area contributed by atoms with Gasteiger partial charge in [-0.3, -0.25) is 0 Å². The van der Waals surface area contributed by atoms with Crippen LogP contribution in [0.3, 0.4) is 0 Å². The Morgan fingerprint density at radius 1 is 1.38 bits per heavy atom. The van der Waals surface area contributed by atoms with Crippen LogP contribution in [0.5, 0.6) is 0 Å². The van der Waals surface area contributed by atoms with Crippen LogP contribution >= 0.6 is 22.6 Å². The molecule has 0 unspecified atom stereocenters. The molecule has 5 heteroatoms. The third-order valence-corrected chi connectivity index (χ3v) is 1.72. The summed E-state index contributed by atoms with van der Waals surface area (Å²) in [5.41, 5.74) is 0. The fraction of sp³-hybridized carbons (Fsp3) is 0.250. The van der Waals surface area contributed by atoms with E-state index in [9.17, 15) is 0 Å². The molecule has 0 bridgehead atoms. The molecule has 0 saturated heterocycles. The van der Waals surface area contributed by atoms with Crippen LogP contribution in [0.2, 0.25) is 0 Å². The fourth-order valence-electron chi connectivity index (χ4n) is 0.645. The lowest BCUT2D eigenvalue weighted by Gasteiger charge is -1.98. The van der Waals surface area contributed by atoms with Crippen molar-refractivity contribution >= 4 is 28.5 Å². The predicted molar refractivity (Wildman–Crippen MR) is 58.1 cm³/mol. The summed E-state index contributed by atoms with van der Waals surface area (Å²) in [5.74, 6) is 5.77. The lowest BCUT2D eigenvalue weighted by atomic mass is 10.5. The van der Waals surface area contributed by atoms with Gasteiger partial charge in [0.2, 0.25) is 5.95 Å². The van der Waals surface area contributed by atoms with E-state index in [1.807, 2.05) is 0 Å². The number of aliphatic hydroxyl groups is 1. The van der Waals surface area contributed by atoms with Gasteiger partial charge in [0.25, 0.3) is 0 Å². The van der Waals surface area contributed by atoms with E-state index in [-0.39, 0.29) is 6.61 Å².